The maximum atomic E-state index is 13.6. The first-order valence-corrected chi connectivity index (χ1v) is 7.55. The normalized spacial score (nSPS) is 14.1. The van der Waals surface area contributed by atoms with Crippen LogP contribution in [-0.4, -0.2) is 20.8 Å². The number of nitrogens with two attached hydrogens (primary N) is 1. The van der Waals surface area contributed by atoms with Gasteiger partial charge in [-0.25, -0.2) is 14.1 Å². The fourth-order valence-corrected chi connectivity index (χ4v) is 2.50. The van der Waals surface area contributed by atoms with Crippen molar-refractivity contribution < 1.29 is 4.39 Å². The molecule has 2 rings (SSSR count). The van der Waals surface area contributed by atoms with Crippen molar-refractivity contribution in [2.45, 2.75) is 52.1 Å². The minimum atomic E-state index is -0.255. The molecule has 0 amide bonds. The van der Waals surface area contributed by atoms with E-state index in [2.05, 4.69) is 10.1 Å². The molecular formula is C16H23FN4. The lowest BCUT2D eigenvalue weighted by molar-refractivity contribution is 0.408. The van der Waals surface area contributed by atoms with Gasteiger partial charge in [-0.3, -0.25) is 0 Å². The number of aromatic nitrogens is 3. The zero-order chi connectivity index (χ0) is 15.4. The predicted octanol–water partition coefficient (Wildman–Crippen LogP) is 2.87. The summed E-state index contributed by atoms with van der Waals surface area (Å²) in [4.78, 5) is 4.54. The molecule has 21 heavy (non-hydrogen) atoms. The molecule has 0 aliphatic rings. The minimum absolute atomic E-state index is 0.136. The van der Waals surface area contributed by atoms with E-state index in [9.17, 15) is 4.39 Å². The maximum absolute atomic E-state index is 13.6. The summed E-state index contributed by atoms with van der Waals surface area (Å²) < 4.78 is 15.5. The first-order valence-electron chi connectivity index (χ1n) is 7.55. The molecule has 4 nitrogen and oxygen atoms in total. The van der Waals surface area contributed by atoms with Crippen molar-refractivity contribution in [1.29, 1.82) is 0 Å². The lowest BCUT2D eigenvalue weighted by Gasteiger charge is -2.25. The second kappa shape index (κ2) is 6.80. The molecule has 2 unspecified atom stereocenters. The molecule has 114 valence electrons. The van der Waals surface area contributed by atoms with Gasteiger partial charge in [-0.1, -0.05) is 32.9 Å². The first kappa shape index (κ1) is 15.6. The Morgan fingerprint density at radius 3 is 2.57 bits per heavy atom. The number of rotatable bonds is 6. The van der Waals surface area contributed by atoms with Crippen LogP contribution < -0.4 is 5.73 Å². The molecule has 0 spiro atoms. The first-order chi connectivity index (χ1) is 10.1. The molecule has 0 saturated carbocycles. The van der Waals surface area contributed by atoms with Crippen molar-refractivity contribution in [3.63, 3.8) is 0 Å². The lowest BCUT2D eigenvalue weighted by atomic mass is 9.98. The third kappa shape index (κ3) is 3.29. The highest BCUT2D eigenvalue weighted by atomic mass is 19.1. The Morgan fingerprint density at radius 1 is 1.24 bits per heavy atom. The topological polar surface area (TPSA) is 56.7 Å². The monoisotopic (exact) mass is 290 g/mol. The number of aryl methyl sites for hydroxylation is 2. The van der Waals surface area contributed by atoms with Crippen LogP contribution in [-0.2, 0) is 12.8 Å². The van der Waals surface area contributed by atoms with Crippen LogP contribution in [0.4, 0.5) is 4.39 Å². The average molecular weight is 290 g/mol. The maximum Gasteiger partial charge on any atom is 0.150 e. The van der Waals surface area contributed by atoms with E-state index in [-0.39, 0.29) is 17.9 Å². The van der Waals surface area contributed by atoms with E-state index in [0.29, 0.717) is 0 Å². The van der Waals surface area contributed by atoms with Gasteiger partial charge in [-0.2, -0.15) is 5.10 Å². The lowest BCUT2D eigenvalue weighted by Crippen LogP contribution is -2.34. The van der Waals surface area contributed by atoms with Crippen molar-refractivity contribution in [1.82, 2.24) is 14.8 Å². The average Bonchev–Trinajstić information content (AvgIpc) is 2.90. The highest BCUT2D eigenvalue weighted by Gasteiger charge is 2.25. The van der Waals surface area contributed by atoms with Crippen LogP contribution >= 0.6 is 0 Å². The Morgan fingerprint density at radius 2 is 2.00 bits per heavy atom. The van der Waals surface area contributed by atoms with Crippen molar-refractivity contribution in [3.05, 3.63) is 47.3 Å². The minimum Gasteiger partial charge on any atom is -0.326 e. The van der Waals surface area contributed by atoms with E-state index in [1.807, 2.05) is 31.5 Å². The van der Waals surface area contributed by atoms with Gasteiger partial charge in [0, 0.05) is 18.9 Å². The number of nitrogens with zero attached hydrogens (tertiary/aromatic N) is 3. The second-order valence-electron chi connectivity index (χ2n) is 5.17. The summed E-state index contributed by atoms with van der Waals surface area (Å²) in [6.45, 7) is 6.09. The summed E-state index contributed by atoms with van der Waals surface area (Å²) in [6, 6.07) is 6.26. The fraction of sp³-hybridized carbons (Fsp3) is 0.500. The molecule has 1 aromatic carbocycles. The van der Waals surface area contributed by atoms with Gasteiger partial charge in [0.15, 0.2) is 5.82 Å². The molecule has 0 radical (unpaired) electrons. The Labute approximate surface area is 125 Å². The summed E-state index contributed by atoms with van der Waals surface area (Å²) in [5.74, 6) is 1.44. The number of halogens is 1. The third-order valence-electron chi connectivity index (χ3n) is 3.71. The zero-order valence-corrected chi connectivity index (χ0v) is 12.9. The highest BCUT2D eigenvalue weighted by Crippen LogP contribution is 2.24. The van der Waals surface area contributed by atoms with E-state index in [0.717, 1.165) is 36.5 Å². The molecule has 0 saturated heterocycles. The fourth-order valence-electron chi connectivity index (χ4n) is 2.50. The molecule has 2 N–H and O–H groups in total. The number of hydrogen-bond acceptors (Lipinski definition) is 3. The van der Waals surface area contributed by atoms with Crippen LogP contribution in [0, 0.1) is 5.82 Å². The smallest absolute Gasteiger partial charge is 0.150 e. The molecule has 0 fully saturated rings. The van der Waals surface area contributed by atoms with Gasteiger partial charge in [0.05, 0.1) is 6.04 Å². The Balaban J connectivity index is 2.52. The molecule has 2 aromatic rings. The van der Waals surface area contributed by atoms with Crippen LogP contribution in [0.15, 0.2) is 24.3 Å². The Kier molecular flexibility index (Phi) is 5.07. The van der Waals surface area contributed by atoms with E-state index in [1.165, 1.54) is 12.1 Å². The summed E-state index contributed by atoms with van der Waals surface area (Å²) >= 11 is 0. The van der Waals surface area contributed by atoms with Crippen molar-refractivity contribution in [2.24, 2.45) is 5.73 Å². The van der Waals surface area contributed by atoms with Crippen LogP contribution in [0.1, 0.15) is 50.4 Å². The molecule has 0 aliphatic carbocycles. The summed E-state index contributed by atoms with van der Waals surface area (Å²) in [5.41, 5.74) is 7.13. The summed E-state index contributed by atoms with van der Waals surface area (Å²) in [5, 5.41) is 4.58. The Hall–Kier alpha value is -1.75. The number of hydrogen-bond donors (Lipinski definition) is 1. The van der Waals surface area contributed by atoms with Gasteiger partial charge in [-0.15, -0.1) is 0 Å². The molecule has 0 bridgehead atoms. The van der Waals surface area contributed by atoms with Gasteiger partial charge in [0.2, 0.25) is 0 Å². The molecule has 1 aromatic heterocycles. The van der Waals surface area contributed by atoms with Crippen LogP contribution in [0.5, 0.6) is 0 Å². The third-order valence-corrected chi connectivity index (χ3v) is 3.71. The molecule has 2 atom stereocenters. The van der Waals surface area contributed by atoms with E-state index in [4.69, 9.17) is 5.73 Å². The van der Waals surface area contributed by atoms with E-state index >= 15 is 0 Å². The van der Waals surface area contributed by atoms with Gasteiger partial charge in [0.1, 0.15) is 11.6 Å². The predicted molar refractivity (Wildman–Crippen MR) is 81.6 cm³/mol. The van der Waals surface area contributed by atoms with Crippen LogP contribution in [0.25, 0.3) is 0 Å². The van der Waals surface area contributed by atoms with Gasteiger partial charge < -0.3 is 5.73 Å². The van der Waals surface area contributed by atoms with Crippen LogP contribution in [0.2, 0.25) is 0 Å². The zero-order valence-electron chi connectivity index (χ0n) is 12.9. The highest BCUT2D eigenvalue weighted by molar-refractivity contribution is 5.23. The van der Waals surface area contributed by atoms with E-state index in [1.54, 1.807) is 6.07 Å². The standard InChI is InChI=1S/C16H23FN4/c1-4-13(18)16(11-8-7-9-12(17)10-11)21-15(6-3)19-14(5-2)20-21/h7-10,13,16H,4-6,18H2,1-3H3. The van der Waals surface area contributed by atoms with E-state index < -0.39 is 0 Å². The summed E-state index contributed by atoms with van der Waals surface area (Å²) in [6.07, 6.45) is 2.33. The molecule has 0 aliphatic heterocycles. The summed E-state index contributed by atoms with van der Waals surface area (Å²) in [7, 11) is 0. The van der Waals surface area contributed by atoms with Crippen molar-refractivity contribution in [3.8, 4) is 0 Å². The second-order valence-corrected chi connectivity index (χ2v) is 5.17. The van der Waals surface area contributed by atoms with Crippen LogP contribution in [0.3, 0.4) is 0 Å². The van der Waals surface area contributed by atoms with Gasteiger partial charge in [-0.05, 0) is 24.1 Å². The Bertz CT molecular complexity index is 594. The quantitative estimate of drug-likeness (QED) is 0.890. The molecular weight excluding hydrogens is 267 g/mol. The van der Waals surface area contributed by atoms with Gasteiger partial charge >= 0.3 is 0 Å². The van der Waals surface area contributed by atoms with Crippen molar-refractivity contribution >= 4 is 0 Å². The largest absolute Gasteiger partial charge is 0.326 e. The van der Waals surface area contributed by atoms with Gasteiger partial charge in [0.25, 0.3) is 0 Å². The molecule has 5 heteroatoms. The SMILES string of the molecule is CCc1nc(CC)n(C(c2cccc(F)c2)C(N)CC)n1. The number of benzene rings is 1. The van der Waals surface area contributed by atoms with Crippen molar-refractivity contribution in [2.75, 3.05) is 0 Å². The molecule has 1 heterocycles.